The molecule has 1 rings (SSSR count). The van der Waals surface area contributed by atoms with E-state index in [0.29, 0.717) is 6.61 Å². The Morgan fingerprint density at radius 2 is 1.93 bits per heavy atom. The van der Waals surface area contributed by atoms with Gasteiger partial charge in [0.05, 0.1) is 12.9 Å². The number of likely N-dealkylation sites (tertiary alicyclic amines) is 1. The van der Waals surface area contributed by atoms with Crippen LogP contribution in [0, 0.1) is 0 Å². The fraction of sp³-hybridized carbons (Fsp3) is 1.00. The van der Waals surface area contributed by atoms with Crippen LogP contribution >= 0.6 is 0 Å². The molecule has 0 radical (unpaired) electrons. The van der Waals surface area contributed by atoms with Crippen LogP contribution in [0.15, 0.2) is 0 Å². The van der Waals surface area contributed by atoms with Gasteiger partial charge in [-0.25, -0.2) is 8.42 Å². The standard InChI is InChI=1S/C8H18N2O3S/c1-14(11,12)9-13-8-7-10-5-3-2-4-6-10/h9H,2-8H2,1H3. The van der Waals surface area contributed by atoms with Crippen molar-refractivity contribution in [2.75, 3.05) is 32.5 Å². The second-order valence-electron chi connectivity index (χ2n) is 3.61. The topological polar surface area (TPSA) is 58.6 Å². The van der Waals surface area contributed by atoms with Gasteiger partial charge >= 0.3 is 0 Å². The van der Waals surface area contributed by atoms with Gasteiger partial charge in [-0.2, -0.15) is 0 Å². The molecule has 0 aromatic carbocycles. The lowest BCUT2D eigenvalue weighted by Crippen LogP contribution is -2.34. The summed E-state index contributed by atoms with van der Waals surface area (Å²) in [6.07, 6.45) is 4.85. The van der Waals surface area contributed by atoms with Crippen molar-refractivity contribution in [1.29, 1.82) is 0 Å². The van der Waals surface area contributed by atoms with E-state index in [1.807, 2.05) is 4.89 Å². The lowest BCUT2D eigenvalue weighted by Gasteiger charge is -2.25. The molecule has 1 aliphatic heterocycles. The van der Waals surface area contributed by atoms with Gasteiger partial charge in [-0.05, 0) is 25.9 Å². The number of hydrogen-bond donors (Lipinski definition) is 1. The minimum atomic E-state index is -3.22. The molecular formula is C8H18N2O3S. The van der Waals surface area contributed by atoms with Crippen molar-refractivity contribution in [3.8, 4) is 0 Å². The van der Waals surface area contributed by atoms with Gasteiger partial charge in [0.15, 0.2) is 0 Å². The fourth-order valence-corrected chi connectivity index (χ4v) is 1.80. The molecule has 0 aliphatic carbocycles. The van der Waals surface area contributed by atoms with Gasteiger partial charge in [-0.15, -0.1) is 0 Å². The highest BCUT2D eigenvalue weighted by Gasteiger charge is 2.09. The average molecular weight is 222 g/mol. The predicted molar refractivity (Wildman–Crippen MR) is 54.2 cm³/mol. The van der Waals surface area contributed by atoms with Crippen molar-refractivity contribution >= 4 is 10.0 Å². The number of piperidine rings is 1. The predicted octanol–water partition coefficient (Wildman–Crippen LogP) is -0.0469. The second kappa shape index (κ2) is 5.65. The number of nitrogens with zero attached hydrogens (tertiary/aromatic N) is 1. The molecule has 1 fully saturated rings. The van der Waals surface area contributed by atoms with E-state index in [4.69, 9.17) is 4.84 Å². The van der Waals surface area contributed by atoms with E-state index in [9.17, 15) is 8.42 Å². The third kappa shape index (κ3) is 5.54. The Morgan fingerprint density at radius 1 is 1.29 bits per heavy atom. The van der Waals surface area contributed by atoms with Crippen LogP contribution in [-0.4, -0.2) is 45.8 Å². The van der Waals surface area contributed by atoms with Crippen molar-refractivity contribution in [3.05, 3.63) is 0 Å². The van der Waals surface area contributed by atoms with Crippen molar-refractivity contribution in [1.82, 2.24) is 9.79 Å². The first-order chi connectivity index (χ1) is 6.58. The van der Waals surface area contributed by atoms with Gasteiger partial charge in [0.25, 0.3) is 0 Å². The SMILES string of the molecule is CS(=O)(=O)NOCCN1CCCCC1. The number of nitrogens with one attached hydrogen (secondary N) is 1. The molecule has 0 unspecified atom stereocenters. The van der Waals surface area contributed by atoms with Crippen LogP contribution in [-0.2, 0) is 14.9 Å². The molecule has 6 heteroatoms. The minimum absolute atomic E-state index is 0.410. The van der Waals surface area contributed by atoms with Crippen LogP contribution in [0.3, 0.4) is 0 Å². The molecule has 0 atom stereocenters. The Balaban J connectivity index is 2.03. The monoisotopic (exact) mass is 222 g/mol. The van der Waals surface area contributed by atoms with Gasteiger partial charge in [0.1, 0.15) is 0 Å². The summed E-state index contributed by atoms with van der Waals surface area (Å²) < 4.78 is 21.3. The molecule has 0 aromatic heterocycles. The number of hydrogen-bond acceptors (Lipinski definition) is 4. The number of rotatable bonds is 5. The van der Waals surface area contributed by atoms with Gasteiger partial charge in [-0.3, -0.25) is 4.84 Å². The molecule has 1 heterocycles. The lowest BCUT2D eigenvalue weighted by atomic mass is 10.1. The fourth-order valence-electron chi connectivity index (χ4n) is 1.51. The van der Waals surface area contributed by atoms with Crippen molar-refractivity contribution in [2.45, 2.75) is 19.3 Å². The summed E-state index contributed by atoms with van der Waals surface area (Å²) in [5, 5.41) is 0. The highest BCUT2D eigenvalue weighted by Crippen LogP contribution is 2.07. The Labute approximate surface area is 85.4 Å². The van der Waals surface area contributed by atoms with E-state index in [2.05, 4.69) is 4.90 Å². The third-order valence-corrected chi connectivity index (χ3v) is 2.59. The maximum Gasteiger partial charge on any atom is 0.230 e. The summed E-state index contributed by atoms with van der Waals surface area (Å²) >= 11 is 0. The van der Waals surface area contributed by atoms with Crippen LogP contribution in [0.1, 0.15) is 19.3 Å². The molecule has 14 heavy (non-hydrogen) atoms. The molecule has 0 aromatic rings. The normalized spacial score (nSPS) is 19.8. The van der Waals surface area contributed by atoms with E-state index in [1.54, 1.807) is 0 Å². The zero-order valence-electron chi connectivity index (χ0n) is 8.53. The van der Waals surface area contributed by atoms with E-state index in [0.717, 1.165) is 25.9 Å². The third-order valence-electron chi connectivity index (χ3n) is 2.17. The molecule has 1 saturated heterocycles. The highest BCUT2D eigenvalue weighted by atomic mass is 32.2. The van der Waals surface area contributed by atoms with E-state index in [1.165, 1.54) is 19.3 Å². The molecule has 0 saturated carbocycles. The van der Waals surface area contributed by atoms with Gasteiger partial charge in [0.2, 0.25) is 10.0 Å². The van der Waals surface area contributed by atoms with Crippen molar-refractivity contribution in [3.63, 3.8) is 0 Å². The van der Waals surface area contributed by atoms with Crippen LogP contribution in [0.5, 0.6) is 0 Å². The van der Waals surface area contributed by atoms with Gasteiger partial charge in [0, 0.05) is 6.54 Å². The van der Waals surface area contributed by atoms with Crippen LogP contribution in [0.4, 0.5) is 0 Å². The summed E-state index contributed by atoms with van der Waals surface area (Å²) in [6, 6.07) is 0. The molecular weight excluding hydrogens is 204 g/mol. The van der Waals surface area contributed by atoms with E-state index in [-0.39, 0.29) is 0 Å². The maximum absolute atomic E-state index is 10.6. The minimum Gasteiger partial charge on any atom is -0.301 e. The molecule has 1 N–H and O–H groups in total. The van der Waals surface area contributed by atoms with Crippen LogP contribution in [0.25, 0.3) is 0 Å². The molecule has 0 spiro atoms. The van der Waals surface area contributed by atoms with Crippen molar-refractivity contribution < 1.29 is 13.3 Å². The molecule has 84 valence electrons. The Morgan fingerprint density at radius 3 is 2.50 bits per heavy atom. The largest absolute Gasteiger partial charge is 0.301 e. The van der Waals surface area contributed by atoms with E-state index >= 15 is 0 Å². The average Bonchev–Trinajstić information content (AvgIpc) is 2.13. The Kier molecular flexibility index (Phi) is 4.80. The Hall–Kier alpha value is -0.170. The second-order valence-corrected chi connectivity index (χ2v) is 5.32. The summed E-state index contributed by atoms with van der Waals surface area (Å²) in [5.41, 5.74) is 0. The summed E-state index contributed by atoms with van der Waals surface area (Å²) in [5.74, 6) is 0. The Bertz CT molecular complexity index is 247. The quantitative estimate of drug-likeness (QED) is 0.523. The summed E-state index contributed by atoms with van der Waals surface area (Å²) in [6.45, 7) is 3.40. The van der Waals surface area contributed by atoms with Gasteiger partial charge in [-0.1, -0.05) is 11.3 Å². The van der Waals surface area contributed by atoms with Crippen molar-refractivity contribution in [2.24, 2.45) is 0 Å². The van der Waals surface area contributed by atoms with E-state index < -0.39 is 10.0 Å². The summed E-state index contributed by atoms with van der Waals surface area (Å²) in [7, 11) is -3.22. The van der Waals surface area contributed by atoms with Gasteiger partial charge < -0.3 is 4.90 Å². The maximum atomic E-state index is 10.6. The summed E-state index contributed by atoms with van der Waals surface area (Å²) in [4.78, 5) is 9.11. The first kappa shape index (κ1) is 11.9. The molecule has 1 aliphatic rings. The molecule has 5 nitrogen and oxygen atoms in total. The van der Waals surface area contributed by atoms with Crippen LogP contribution in [0.2, 0.25) is 0 Å². The molecule has 0 bridgehead atoms. The first-order valence-electron chi connectivity index (χ1n) is 4.89. The smallest absolute Gasteiger partial charge is 0.230 e. The van der Waals surface area contributed by atoms with Crippen LogP contribution < -0.4 is 4.89 Å². The highest BCUT2D eigenvalue weighted by molar-refractivity contribution is 7.88. The number of sulfonamides is 1. The lowest BCUT2D eigenvalue weighted by molar-refractivity contribution is 0.0660. The first-order valence-corrected chi connectivity index (χ1v) is 6.78. The molecule has 0 amide bonds. The zero-order chi connectivity index (χ0) is 10.4. The zero-order valence-corrected chi connectivity index (χ0v) is 9.35.